The highest BCUT2D eigenvalue weighted by molar-refractivity contribution is 7.93. The second-order valence-corrected chi connectivity index (χ2v) is 9.04. The first-order chi connectivity index (χ1) is 14.4. The lowest BCUT2D eigenvalue weighted by molar-refractivity contribution is -0.116. The Hall–Kier alpha value is -3.05. The van der Waals surface area contributed by atoms with E-state index in [0.29, 0.717) is 11.4 Å². The van der Waals surface area contributed by atoms with Gasteiger partial charge in [0.15, 0.2) is 5.13 Å². The average Bonchev–Trinajstić information content (AvgIpc) is 3.21. The summed E-state index contributed by atoms with van der Waals surface area (Å²) in [6.45, 7) is 1.87. The molecular formula is C19H21N5O4S2. The summed E-state index contributed by atoms with van der Waals surface area (Å²) in [6.07, 6.45) is 5.55. The van der Waals surface area contributed by atoms with Crippen LogP contribution in [-0.2, 0) is 27.8 Å². The van der Waals surface area contributed by atoms with Gasteiger partial charge in [-0.2, -0.15) is 0 Å². The van der Waals surface area contributed by atoms with Crippen LogP contribution in [0.5, 0.6) is 0 Å². The van der Waals surface area contributed by atoms with Gasteiger partial charge in [-0.15, -0.1) is 11.3 Å². The molecule has 0 aliphatic carbocycles. The minimum absolute atomic E-state index is 0.0405. The number of aromatic nitrogens is 3. The fraction of sp³-hybridized carbons (Fsp3) is 0.263. The number of unbranched alkanes of at least 4 members (excludes halogenated alkanes) is 1. The molecule has 158 valence electrons. The molecule has 1 aromatic carbocycles. The molecule has 0 fully saturated rings. The van der Waals surface area contributed by atoms with Crippen molar-refractivity contribution in [2.75, 3.05) is 10.0 Å². The van der Waals surface area contributed by atoms with E-state index in [1.807, 2.05) is 0 Å². The van der Waals surface area contributed by atoms with Crippen LogP contribution in [0.1, 0.15) is 25.5 Å². The molecule has 0 unspecified atom stereocenters. The molecule has 0 saturated heterocycles. The van der Waals surface area contributed by atoms with Crippen LogP contribution in [0.25, 0.3) is 0 Å². The number of benzene rings is 1. The first-order valence-corrected chi connectivity index (χ1v) is 11.6. The topological polar surface area (TPSA) is 123 Å². The van der Waals surface area contributed by atoms with Crippen LogP contribution in [0.3, 0.4) is 0 Å². The third-order valence-electron chi connectivity index (χ3n) is 4.14. The van der Waals surface area contributed by atoms with Crippen LogP contribution in [-0.4, -0.2) is 28.9 Å². The van der Waals surface area contributed by atoms with Crippen molar-refractivity contribution in [3.8, 4) is 0 Å². The van der Waals surface area contributed by atoms with Gasteiger partial charge >= 0.3 is 0 Å². The fourth-order valence-corrected chi connectivity index (χ4v) is 4.39. The predicted molar refractivity (Wildman–Crippen MR) is 115 cm³/mol. The molecule has 11 heteroatoms. The van der Waals surface area contributed by atoms with Crippen molar-refractivity contribution in [2.24, 2.45) is 0 Å². The van der Waals surface area contributed by atoms with Crippen LogP contribution >= 0.6 is 11.3 Å². The second kappa shape index (κ2) is 9.63. The molecule has 9 nitrogen and oxygen atoms in total. The van der Waals surface area contributed by atoms with Crippen LogP contribution in [0.2, 0.25) is 0 Å². The van der Waals surface area contributed by atoms with Gasteiger partial charge in [-0.25, -0.2) is 18.4 Å². The molecule has 3 aromatic rings. The zero-order chi connectivity index (χ0) is 21.6. The Bertz CT molecular complexity index is 1160. The monoisotopic (exact) mass is 447 g/mol. The number of carbonyl (C=O) groups is 1. The van der Waals surface area contributed by atoms with Crippen LogP contribution in [0.15, 0.2) is 57.9 Å². The van der Waals surface area contributed by atoms with Gasteiger partial charge in [-0.05, 0) is 37.1 Å². The Labute approximate surface area is 177 Å². The Balaban J connectivity index is 1.61. The molecule has 30 heavy (non-hydrogen) atoms. The van der Waals surface area contributed by atoms with Crippen molar-refractivity contribution >= 4 is 38.1 Å². The maximum absolute atomic E-state index is 12.3. The minimum atomic E-state index is -3.76. The van der Waals surface area contributed by atoms with Gasteiger partial charge in [0.05, 0.1) is 11.2 Å². The number of aryl methyl sites for hydroxylation is 1. The Morgan fingerprint density at radius 3 is 2.60 bits per heavy atom. The summed E-state index contributed by atoms with van der Waals surface area (Å²) in [4.78, 5) is 32.5. The molecule has 2 aromatic heterocycles. The molecule has 1 amide bonds. The number of nitrogens with one attached hydrogen (secondary N) is 2. The Morgan fingerprint density at radius 1 is 1.20 bits per heavy atom. The van der Waals surface area contributed by atoms with E-state index in [4.69, 9.17) is 0 Å². The summed E-state index contributed by atoms with van der Waals surface area (Å²) in [5.74, 6) is -0.420. The summed E-state index contributed by atoms with van der Waals surface area (Å²) >= 11 is 1.17. The van der Waals surface area contributed by atoms with Gasteiger partial charge in [0.25, 0.3) is 15.6 Å². The van der Waals surface area contributed by atoms with Crippen molar-refractivity contribution in [3.63, 3.8) is 0 Å². The van der Waals surface area contributed by atoms with Crippen LogP contribution < -0.4 is 15.6 Å². The Morgan fingerprint density at radius 2 is 1.97 bits per heavy atom. The van der Waals surface area contributed by atoms with Crippen LogP contribution in [0.4, 0.5) is 10.8 Å². The molecular weight excluding hydrogens is 426 g/mol. The second-order valence-electron chi connectivity index (χ2n) is 6.47. The predicted octanol–water partition coefficient (Wildman–Crippen LogP) is 2.48. The minimum Gasteiger partial charge on any atom is -0.325 e. The third-order valence-corrected chi connectivity index (χ3v) is 6.31. The van der Waals surface area contributed by atoms with Gasteiger partial charge in [0.2, 0.25) is 5.91 Å². The number of hydrogen-bond acceptors (Lipinski definition) is 7. The van der Waals surface area contributed by atoms with E-state index in [9.17, 15) is 18.0 Å². The van der Waals surface area contributed by atoms with E-state index in [1.54, 1.807) is 5.38 Å². The number of hydrogen-bond donors (Lipinski definition) is 2. The molecule has 0 aliphatic rings. The first-order valence-electron chi connectivity index (χ1n) is 9.25. The highest BCUT2D eigenvalue weighted by Gasteiger charge is 2.15. The van der Waals surface area contributed by atoms with Gasteiger partial charge in [0, 0.05) is 29.0 Å². The zero-order valence-electron chi connectivity index (χ0n) is 16.2. The smallest absolute Gasteiger partial charge is 0.263 e. The number of carbonyl (C=O) groups excluding carboxylic acids is 1. The van der Waals surface area contributed by atoms with Crippen LogP contribution in [0, 0.1) is 0 Å². The number of sulfonamides is 1. The third kappa shape index (κ3) is 5.74. The number of amides is 1. The number of rotatable bonds is 9. The van der Waals surface area contributed by atoms with E-state index in [1.165, 1.54) is 58.8 Å². The molecule has 0 saturated carbocycles. The normalized spacial score (nSPS) is 11.2. The van der Waals surface area contributed by atoms with E-state index in [-0.39, 0.29) is 22.1 Å². The standard InChI is InChI=1S/C19H21N5O4S2/c1-2-3-4-15-11-18(26)24(13-21-15)12-17(25)22-14-5-7-16(8-6-14)30(27,28)23-19-20-9-10-29-19/h5-11,13H,2-4,12H2,1H3,(H,20,23)(H,22,25). The van der Waals surface area contributed by atoms with E-state index in [2.05, 4.69) is 26.9 Å². The molecule has 0 radical (unpaired) electrons. The summed E-state index contributed by atoms with van der Waals surface area (Å²) in [5, 5.41) is 4.57. The lowest BCUT2D eigenvalue weighted by Gasteiger charge is -2.09. The average molecular weight is 448 g/mol. The Kier molecular flexibility index (Phi) is 6.95. The molecule has 2 heterocycles. The van der Waals surface area contributed by atoms with E-state index >= 15 is 0 Å². The van der Waals surface area contributed by atoms with Crippen molar-refractivity contribution < 1.29 is 13.2 Å². The van der Waals surface area contributed by atoms with Crippen molar-refractivity contribution in [3.05, 3.63) is 64.3 Å². The molecule has 0 spiro atoms. The SMILES string of the molecule is CCCCc1cc(=O)n(CC(=O)Nc2ccc(S(=O)(=O)Nc3nccs3)cc2)cn1. The number of anilines is 2. The first kappa shape index (κ1) is 21.7. The highest BCUT2D eigenvalue weighted by atomic mass is 32.2. The van der Waals surface area contributed by atoms with Gasteiger partial charge in [-0.1, -0.05) is 13.3 Å². The quantitative estimate of drug-likeness (QED) is 0.519. The lowest BCUT2D eigenvalue weighted by Crippen LogP contribution is -2.27. The summed E-state index contributed by atoms with van der Waals surface area (Å²) < 4.78 is 28.3. The van der Waals surface area contributed by atoms with Gasteiger partial charge in [0.1, 0.15) is 6.54 Å². The van der Waals surface area contributed by atoms with Crippen molar-refractivity contribution in [1.29, 1.82) is 0 Å². The highest BCUT2D eigenvalue weighted by Crippen LogP contribution is 2.19. The van der Waals surface area contributed by atoms with Crippen molar-refractivity contribution in [1.82, 2.24) is 14.5 Å². The van der Waals surface area contributed by atoms with E-state index < -0.39 is 15.9 Å². The molecule has 2 N–H and O–H groups in total. The zero-order valence-corrected chi connectivity index (χ0v) is 17.9. The van der Waals surface area contributed by atoms with Gasteiger partial charge in [-0.3, -0.25) is 18.9 Å². The van der Waals surface area contributed by atoms with Crippen molar-refractivity contribution in [2.45, 2.75) is 37.6 Å². The lowest BCUT2D eigenvalue weighted by atomic mass is 10.2. The van der Waals surface area contributed by atoms with E-state index in [0.717, 1.165) is 19.3 Å². The van der Waals surface area contributed by atoms with Gasteiger partial charge < -0.3 is 5.32 Å². The molecule has 0 atom stereocenters. The number of thiazole rings is 1. The molecule has 3 rings (SSSR count). The summed E-state index contributed by atoms with van der Waals surface area (Å²) in [5.41, 5.74) is 0.830. The maximum atomic E-state index is 12.3. The summed E-state index contributed by atoms with van der Waals surface area (Å²) in [7, 11) is -3.76. The fourth-order valence-electron chi connectivity index (χ4n) is 2.60. The number of nitrogens with zero attached hydrogens (tertiary/aromatic N) is 3. The molecule has 0 aliphatic heterocycles. The maximum Gasteiger partial charge on any atom is 0.263 e. The molecule has 0 bridgehead atoms. The summed E-state index contributed by atoms with van der Waals surface area (Å²) in [6, 6.07) is 7.15. The largest absolute Gasteiger partial charge is 0.325 e.